The van der Waals surface area contributed by atoms with Crippen LogP contribution in [-0.2, 0) is 0 Å². The van der Waals surface area contributed by atoms with Gasteiger partial charge >= 0.3 is 0 Å². The van der Waals surface area contributed by atoms with Crippen LogP contribution in [0, 0.1) is 0 Å². The second-order valence-corrected chi connectivity index (χ2v) is 4.43. The number of hydrogen-bond donors (Lipinski definition) is 2. The molecule has 104 valence electrons. The summed E-state index contributed by atoms with van der Waals surface area (Å²) < 4.78 is 1.68. The first-order valence-electron chi connectivity index (χ1n) is 6.32. The average Bonchev–Trinajstić information content (AvgIpc) is 3.05. The van der Waals surface area contributed by atoms with E-state index in [2.05, 4.69) is 15.2 Å². The minimum atomic E-state index is 0.0273. The van der Waals surface area contributed by atoms with E-state index in [9.17, 15) is 0 Å². The molecule has 3 aromatic rings. The summed E-state index contributed by atoms with van der Waals surface area (Å²) in [4.78, 5) is 4.25. The number of rotatable bonds is 3. The van der Waals surface area contributed by atoms with E-state index in [4.69, 9.17) is 10.9 Å². The van der Waals surface area contributed by atoms with Gasteiger partial charge in [0, 0.05) is 23.5 Å². The van der Waals surface area contributed by atoms with Crippen LogP contribution in [0.2, 0.25) is 0 Å². The van der Waals surface area contributed by atoms with Crippen LogP contribution in [0.15, 0.2) is 66.2 Å². The van der Waals surface area contributed by atoms with Gasteiger partial charge in [0.1, 0.15) is 0 Å². The molecule has 6 nitrogen and oxygen atoms in total. The molecular weight excluding hydrogens is 266 g/mol. The Hall–Kier alpha value is -3.15. The van der Waals surface area contributed by atoms with E-state index in [1.807, 2.05) is 36.5 Å². The fourth-order valence-corrected chi connectivity index (χ4v) is 1.96. The lowest BCUT2D eigenvalue weighted by atomic mass is 10.1. The van der Waals surface area contributed by atoms with E-state index in [-0.39, 0.29) is 5.84 Å². The molecule has 0 saturated carbocycles. The van der Waals surface area contributed by atoms with Crippen LogP contribution in [0.4, 0.5) is 0 Å². The third-order valence-corrected chi connectivity index (χ3v) is 3.08. The van der Waals surface area contributed by atoms with Gasteiger partial charge in [-0.3, -0.25) is 0 Å². The van der Waals surface area contributed by atoms with Gasteiger partial charge in [0.2, 0.25) is 0 Å². The second kappa shape index (κ2) is 5.46. The molecule has 0 radical (unpaired) electrons. The third-order valence-electron chi connectivity index (χ3n) is 3.08. The van der Waals surface area contributed by atoms with Crippen molar-refractivity contribution in [3.05, 3.63) is 66.6 Å². The van der Waals surface area contributed by atoms with Crippen molar-refractivity contribution < 1.29 is 5.21 Å². The number of amidine groups is 1. The Balaban J connectivity index is 1.90. The maximum absolute atomic E-state index is 8.62. The zero-order valence-electron chi connectivity index (χ0n) is 11.1. The summed E-state index contributed by atoms with van der Waals surface area (Å²) in [7, 11) is 0. The number of oxime groups is 1. The van der Waals surface area contributed by atoms with Gasteiger partial charge in [-0.15, -0.1) is 0 Å². The molecule has 6 heteroatoms. The average molecular weight is 279 g/mol. The van der Waals surface area contributed by atoms with E-state index >= 15 is 0 Å². The van der Waals surface area contributed by atoms with E-state index in [0.717, 1.165) is 11.1 Å². The zero-order valence-corrected chi connectivity index (χ0v) is 11.1. The molecule has 0 bridgehead atoms. The van der Waals surface area contributed by atoms with Crippen molar-refractivity contribution in [2.75, 3.05) is 0 Å². The van der Waals surface area contributed by atoms with Crippen molar-refractivity contribution in [3.8, 4) is 16.9 Å². The molecule has 0 spiro atoms. The number of hydrogen-bond acceptors (Lipinski definition) is 4. The molecule has 0 saturated heterocycles. The van der Waals surface area contributed by atoms with Crippen molar-refractivity contribution in [3.63, 3.8) is 0 Å². The van der Waals surface area contributed by atoms with Crippen molar-refractivity contribution in [2.24, 2.45) is 10.9 Å². The molecule has 0 unspecified atom stereocenters. The molecule has 3 rings (SSSR count). The van der Waals surface area contributed by atoms with Crippen LogP contribution in [0.25, 0.3) is 16.9 Å². The lowest BCUT2D eigenvalue weighted by Gasteiger charge is -2.02. The predicted molar refractivity (Wildman–Crippen MR) is 79.3 cm³/mol. The summed E-state index contributed by atoms with van der Waals surface area (Å²) in [5.74, 6) is 0.686. The minimum Gasteiger partial charge on any atom is -0.409 e. The first-order valence-corrected chi connectivity index (χ1v) is 6.32. The highest BCUT2D eigenvalue weighted by molar-refractivity contribution is 5.96. The van der Waals surface area contributed by atoms with Gasteiger partial charge in [0.05, 0.1) is 6.20 Å². The van der Waals surface area contributed by atoms with Crippen molar-refractivity contribution in [1.29, 1.82) is 0 Å². The molecule has 0 fully saturated rings. The molecule has 21 heavy (non-hydrogen) atoms. The maximum atomic E-state index is 8.62. The van der Waals surface area contributed by atoms with Gasteiger partial charge in [-0.25, -0.2) is 9.67 Å². The van der Waals surface area contributed by atoms with Crippen molar-refractivity contribution in [2.45, 2.75) is 0 Å². The predicted octanol–water partition coefficient (Wildman–Crippen LogP) is 2.03. The lowest BCUT2D eigenvalue weighted by Crippen LogP contribution is -2.13. The van der Waals surface area contributed by atoms with Crippen molar-refractivity contribution >= 4 is 5.84 Å². The number of pyridine rings is 1. The second-order valence-electron chi connectivity index (χ2n) is 4.43. The quantitative estimate of drug-likeness (QED) is 0.332. The van der Waals surface area contributed by atoms with Gasteiger partial charge in [0.15, 0.2) is 11.7 Å². The fourth-order valence-electron chi connectivity index (χ4n) is 1.96. The van der Waals surface area contributed by atoms with Gasteiger partial charge in [0.25, 0.3) is 0 Å². The Morgan fingerprint density at radius 3 is 2.52 bits per heavy atom. The summed E-state index contributed by atoms with van der Waals surface area (Å²) in [6, 6.07) is 13.5. The third kappa shape index (κ3) is 2.59. The summed E-state index contributed by atoms with van der Waals surface area (Å²) in [6.45, 7) is 0. The molecule has 0 aliphatic heterocycles. The first kappa shape index (κ1) is 12.9. The van der Waals surface area contributed by atoms with Gasteiger partial charge in [-0.1, -0.05) is 35.5 Å². The highest BCUT2D eigenvalue weighted by Gasteiger charge is 2.05. The smallest absolute Gasteiger partial charge is 0.171 e. The molecule has 0 amide bonds. The fraction of sp³-hybridized carbons (Fsp3) is 0. The van der Waals surface area contributed by atoms with E-state index < -0.39 is 0 Å². The van der Waals surface area contributed by atoms with Crippen LogP contribution in [0.3, 0.4) is 0 Å². The van der Waals surface area contributed by atoms with Gasteiger partial charge in [-0.2, -0.15) is 5.10 Å². The molecule has 1 aromatic carbocycles. The minimum absolute atomic E-state index is 0.0273. The Labute approximate surface area is 121 Å². The van der Waals surface area contributed by atoms with Crippen LogP contribution in [0.5, 0.6) is 0 Å². The molecular formula is C15H13N5O. The largest absolute Gasteiger partial charge is 0.409 e. The van der Waals surface area contributed by atoms with E-state index in [1.54, 1.807) is 23.0 Å². The molecule has 0 aliphatic rings. The molecule has 0 atom stereocenters. The SMILES string of the molecule is NC(=NO)c1ccc(-n2cc(-c3ccccc3)cn2)nc1. The Morgan fingerprint density at radius 1 is 1.05 bits per heavy atom. The zero-order chi connectivity index (χ0) is 14.7. The van der Waals surface area contributed by atoms with Gasteiger partial charge in [-0.05, 0) is 17.7 Å². The number of benzene rings is 1. The molecule has 3 N–H and O–H groups in total. The summed E-state index contributed by atoms with van der Waals surface area (Å²) in [5, 5.41) is 15.9. The van der Waals surface area contributed by atoms with Crippen LogP contribution < -0.4 is 5.73 Å². The Kier molecular flexibility index (Phi) is 3.34. The first-order chi connectivity index (χ1) is 10.3. The number of nitrogens with two attached hydrogens (primary N) is 1. The number of aromatic nitrogens is 3. The van der Waals surface area contributed by atoms with Crippen LogP contribution >= 0.6 is 0 Å². The standard InChI is InChI=1S/C15H13N5O/c16-15(19-21)12-6-7-14(17-8-12)20-10-13(9-18-20)11-4-2-1-3-5-11/h1-10,21H,(H2,16,19). The molecule has 0 aliphatic carbocycles. The Morgan fingerprint density at radius 2 is 1.86 bits per heavy atom. The molecule has 2 heterocycles. The van der Waals surface area contributed by atoms with Gasteiger partial charge < -0.3 is 10.9 Å². The maximum Gasteiger partial charge on any atom is 0.171 e. The van der Waals surface area contributed by atoms with Crippen molar-refractivity contribution in [1.82, 2.24) is 14.8 Å². The monoisotopic (exact) mass is 279 g/mol. The lowest BCUT2D eigenvalue weighted by molar-refractivity contribution is 0.318. The highest BCUT2D eigenvalue weighted by atomic mass is 16.4. The molecule has 2 aromatic heterocycles. The summed E-state index contributed by atoms with van der Waals surface area (Å²) >= 11 is 0. The summed E-state index contributed by atoms with van der Waals surface area (Å²) in [6.07, 6.45) is 5.23. The normalized spacial score (nSPS) is 11.5. The van der Waals surface area contributed by atoms with Crippen LogP contribution in [-0.4, -0.2) is 25.8 Å². The van der Waals surface area contributed by atoms with E-state index in [0.29, 0.717) is 11.4 Å². The topological polar surface area (TPSA) is 89.3 Å². The van der Waals surface area contributed by atoms with E-state index in [1.165, 1.54) is 6.20 Å². The highest BCUT2D eigenvalue weighted by Crippen LogP contribution is 2.19. The number of nitrogens with zero attached hydrogens (tertiary/aromatic N) is 4. The van der Waals surface area contributed by atoms with Crippen LogP contribution in [0.1, 0.15) is 5.56 Å². The summed E-state index contributed by atoms with van der Waals surface area (Å²) in [5.41, 5.74) is 8.16. The Bertz CT molecular complexity index is 762.